The van der Waals surface area contributed by atoms with E-state index in [-0.39, 0.29) is 0 Å². The summed E-state index contributed by atoms with van der Waals surface area (Å²) in [6.45, 7) is 5.29. The Hall–Kier alpha value is 0.0700. The third-order valence-corrected chi connectivity index (χ3v) is 5.37. The summed E-state index contributed by atoms with van der Waals surface area (Å²) >= 11 is 13.9. The lowest BCUT2D eigenvalue weighted by Crippen LogP contribution is -2.30. The highest BCUT2D eigenvalue weighted by atomic mass is 35.5. The molecule has 1 saturated heterocycles. The Morgan fingerprint density at radius 2 is 2.21 bits per heavy atom. The quantitative estimate of drug-likeness (QED) is 0.838. The van der Waals surface area contributed by atoms with Crippen molar-refractivity contribution in [2.75, 3.05) is 25.4 Å². The smallest absolute Gasteiger partial charge is 0.0542 e. The van der Waals surface area contributed by atoms with E-state index in [1.54, 1.807) is 11.8 Å². The van der Waals surface area contributed by atoms with Crippen LogP contribution in [0.5, 0.6) is 0 Å². The minimum Gasteiger partial charge on any atom is -0.330 e. The average Bonchev–Trinajstić information content (AvgIpc) is 2.75. The molecule has 2 unspecified atom stereocenters. The predicted octanol–water partition coefficient (Wildman–Crippen LogP) is 3.75. The second-order valence-electron chi connectivity index (χ2n) is 5.10. The minimum absolute atomic E-state index is 0.643. The van der Waals surface area contributed by atoms with Gasteiger partial charge in [0, 0.05) is 34.8 Å². The van der Waals surface area contributed by atoms with Gasteiger partial charge in [0.25, 0.3) is 0 Å². The van der Waals surface area contributed by atoms with E-state index >= 15 is 0 Å². The van der Waals surface area contributed by atoms with Crippen LogP contribution < -0.4 is 5.73 Å². The Balaban J connectivity index is 1.82. The lowest BCUT2D eigenvalue weighted by atomic mass is 10.1. The lowest BCUT2D eigenvalue weighted by molar-refractivity contribution is 0.281. The molecule has 0 saturated carbocycles. The van der Waals surface area contributed by atoms with Crippen LogP contribution in [0.2, 0.25) is 10.0 Å². The summed E-state index contributed by atoms with van der Waals surface area (Å²) in [5, 5.41) is 1.52. The molecule has 19 heavy (non-hydrogen) atoms. The number of hydrogen-bond donors (Lipinski definition) is 1. The first-order valence-corrected chi connectivity index (χ1v) is 8.36. The maximum absolute atomic E-state index is 6.16. The van der Waals surface area contributed by atoms with Gasteiger partial charge < -0.3 is 5.73 Å². The standard InChI is InChI=1S/C14H20Cl2N2S/c1-10-6-11(8-17)9-18(10)4-5-19-14-7-12(15)2-3-13(14)16/h2-3,7,10-11H,4-6,8-9,17H2,1H3. The first-order chi connectivity index (χ1) is 9.10. The van der Waals surface area contributed by atoms with E-state index in [1.807, 2.05) is 18.2 Å². The van der Waals surface area contributed by atoms with Gasteiger partial charge >= 0.3 is 0 Å². The van der Waals surface area contributed by atoms with Crippen molar-refractivity contribution >= 4 is 35.0 Å². The van der Waals surface area contributed by atoms with Gasteiger partial charge in [-0.1, -0.05) is 23.2 Å². The maximum atomic E-state index is 6.16. The van der Waals surface area contributed by atoms with E-state index in [4.69, 9.17) is 28.9 Å². The van der Waals surface area contributed by atoms with Crippen LogP contribution in [-0.4, -0.2) is 36.3 Å². The van der Waals surface area contributed by atoms with Gasteiger partial charge in [-0.25, -0.2) is 0 Å². The fourth-order valence-corrected chi connectivity index (χ4v) is 4.04. The summed E-state index contributed by atoms with van der Waals surface area (Å²) < 4.78 is 0. The van der Waals surface area contributed by atoms with Crippen LogP contribution in [0.1, 0.15) is 13.3 Å². The lowest BCUT2D eigenvalue weighted by Gasteiger charge is -2.20. The molecule has 1 aliphatic heterocycles. The Bertz CT molecular complexity index is 428. The second-order valence-corrected chi connectivity index (χ2v) is 7.08. The molecule has 0 aliphatic carbocycles. The maximum Gasteiger partial charge on any atom is 0.0542 e. The largest absolute Gasteiger partial charge is 0.330 e. The average molecular weight is 319 g/mol. The zero-order valence-corrected chi connectivity index (χ0v) is 13.4. The Morgan fingerprint density at radius 3 is 2.89 bits per heavy atom. The number of hydrogen-bond acceptors (Lipinski definition) is 3. The van der Waals surface area contributed by atoms with Crippen molar-refractivity contribution in [3.63, 3.8) is 0 Å². The van der Waals surface area contributed by atoms with Gasteiger partial charge in [-0.3, -0.25) is 4.90 Å². The summed E-state index contributed by atoms with van der Waals surface area (Å²) in [6, 6.07) is 6.26. The van der Waals surface area contributed by atoms with Gasteiger partial charge in [-0.15, -0.1) is 11.8 Å². The van der Waals surface area contributed by atoms with Crippen molar-refractivity contribution in [1.29, 1.82) is 0 Å². The summed E-state index contributed by atoms with van der Waals surface area (Å²) in [5.74, 6) is 1.69. The number of nitrogens with zero attached hydrogens (tertiary/aromatic N) is 1. The zero-order valence-electron chi connectivity index (χ0n) is 11.1. The van der Waals surface area contributed by atoms with Crippen LogP contribution in [0.25, 0.3) is 0 Å². The van der Waals surface area contributed by atoms with Gasteiger partial charge in [0.1, 0.15) is 0 Å². The normalized spacial score (nSPS) is 24.0. The third-order valence-electron chi connectivity index (χ3n) is 3.65. The highest BCUT2D eigenvalue weighted by molar-refractivity contribution is 7.99. The summed E-state index contributed by atoms with van der Waals surface area (Å²) in [6.07, 6.45) is 1.22. The molecule has 0 radical (unpaired) electrons. The Kier molecular flexibility index (Phi) is 5.85. The van der Waals surface area contributed by atoms with Gasteiger partial charge in [0.2, 0.25) is 0 Å². The van der Waals surface area contributed by atoms with E-state index in [0.29, 0.717) is 12.0 Å². The molecule has 0 aromatic heterocycles. The molecule has 1 aromatic rings. The van der Waals surface area contributed by atoms with E-state index in [9.17, 15) is 0 Å². The van der Waals surface area contributed by atoms with Gasteiger partial charge in [0.15, 0.2) is 0 Å². The molecule has 2 rings (SSSR count). The van der Waals surface area contributed by atoms with Crippen molar-refractivity contribution in [2.45, 2.75) is 24.3 Å². The Morgan fingerprint density at radius 1 is 1.42 bits per heavy atom. The van der Waals surface area contributed by atoms with E-state index in [0.717, 1.165) is 40.3 Å². The molecule has 0 bridgehead atoms. The molecule has 0 spiro atoms. The van der Waals surface area contributed by atoms with Gasteiger partial charge in [-0.2, -0.15) is 0 Å². The number of thioether (sulfide) groups is 1. The number of nitrogens with two attached hydrogens (primary N) is 1. The molecule has 1 heterocycles. The molecule has 1 fully saturated rings. The van der Waals surface area contributed by atoms with Crippen LogP contribution in [0.4, 0.5) is 0 Å². The number of benzene rings is 1. The fraction of sp³-hybridized carbons (Fsp3) is 0.571. The second kappa shape index (κ2) is 7.19. The summed E-state index contributed by atoms with van der Waals surface area (Å²) in [4.78, 5) is 3.58. The summed E-state index contributed by atoms with van der Waals surface area (Å²) in [7, 11) is 0. The molecule has 1 aromatic carbocycles. The molecule has 0 amide bonds. The molecule has 2 nitrogen and oxygen atoms in total. The molecule has 5 heteroatoms. The number of halogens is 2. The first-order valence-electron chi connectivity index (χ1n) is 6.62. The van der Waals surface area contributed by atoms with Crippen LogP contribution in [0, 0.1) is 5.92 Å². The van der Waals surface area contributed by atoms with Crippen molar-refractivity contribution in [2.24, 2.45) is 11.7 Å². The number of likely N-dealkylation sites (tertiary alicyclic amines) is 1. The molecule has 2 N–H and O–H groups in total. The van der Waals surface area contributed by atoms with Gasteiger partial charge in [0.05, 0.1) is 5.02 Å². The third kappa shape index (κ3) is 4.27. The first kappa shape index (κ1) is 15.5. The topological polar surface area (TPSA) is 29.3 Å². The summed E-state index contributed by atoms with van der Waals surface area (Å²) in [5.41, 5.74) is 5.75. The van der Waals surface area contributed by atoms with Crippen LogP contribution in [-0.2, 0) is 0 Å². The van der Waals surface area contributed by atoms with Gasteiger partial charge in [-0.05, 0) is 44.0 Å². The Labute approximate surface area is 129 Å². The molecule has 2 atom stereocenters. The molecule has 106 valence electrons. The fourth-order valence-electron chi connectivity index (χ4n) is 2.56. The van der Waals surface area contributed by atoms with E-state index < -0.39 is 0 Å². The van der Waals surface area contributed by atoms with Crippen molar-refractivity contribution in [3.05, 3.63) is 28.2 Å². The number of rotatable bonds is 5. The highest BCUT2D eigenvalue weighted by Crippen LogP contribution is 2.30. The van der Waals surface area contributed by atoms with Crippen LogP contribution >= 0.6 is 35.0 Å². The monoisotopic (exact) mass is 318 g/mol. The van der Waals surface area contributed by atoms with E-state index in [1.165, 1.54) is 6.42 Å². The molecular weight excluding hydrogens is 299 g/mol. The van der Waals surface area contributed by atoms with Crippen molar-refractivity contribution in [1.82, 2.24) is 4.90 Å². The van der Waals surface area contributed by atoms with Crippen molar-refractivity contribution < 1.29 is 0 Å². The van der Waals surface area contributed by atoms with E-state index in [2.05, 4.69) is 11.8 Å². The van der Waals surface area contributed by atoms with Crippen molar-refractivity contribution in [3.8, 4) is 0 Å². The predicted molar refractivity (Wildman–Crippen MR) is 85.4 cm³/mol. The highest BCUT2D eigenvalue weighted by Gasteiger charge is 2.27. The zero-order chi connectivity index (χ0) is 13.8. The van der Waals surface area contributed by atoms with Crippen LogP contribution in [0.3, 0.4) is 0 Å². The minimum atomic E-state index is 0.643. The molecular formula is C14H20Cl2N2S. The SMILES string of the molecule is CC1CC(CN)CN1CCSc1cc(Cl)ccc1Cl. The van der Waals surface area contributed by atoms with Crippen LogP contribution in [0.15, 0.2) is 23.1 Å². The molecule has 1 aliphatic rings.